The van der Waals surface area contributed by atoms with Crippen molar-refractivity contribution < 1.29 is 18.3 Å². The molecule has 4 aromatic rings. The summed E-state index contributed by atoms with van der Waals surface area (Å²) >= 11 is 0. The van der Waals surface area contributed by atoms with Crippen LogP contribution in [0.3, 0.4) is 0 Å². The van der Waals surface area contributed by atoms with Crippen LogP contribution in [-0.4, -0.2) is 15.9 Å². The topological polar surface area (TPSA) is 94.3 Å². The van der Waals surface area contributed by atoms with E-state index in [0.717, 1.165) is 6.08 Å². The van der Waals surface area contributed by atoms with Crippen LogP contribution in [0.2, 0.25) is 0 Å². The number of rotatable bonds is 6. The highest BCUT2D eigenvalue weighted by Crippen LogP contribution is 2.28. The number of amides is 1. The van der Waals surface area contributed by atoms with Crippen LogP contribution in [0.15, 0.2) is 76.7 Å². The highest BCUT2D eigenvalue weighted by atomic mass is 19.1. The highest BCUT2D eigenvalue weighted by molar-refractivity contribution is 5.99. The van der Waals surface area contributed by atoms with Gasteiger partial charge < -0.3 is 14.5 Å². The Morgan fingerprint density at radius 2 is 2.00 bits per heavy atom. The minimum atomic E-state index is -0.617. The Kier molecular flexibility index (Phi) is 5.76. The van der Waals surface area contributed by atoms with Gasteiger partial charge in [0.05, 0.1) is 5.69 Å². The summed E-state index contributed by atoms with van der Waals surface area (Å²) in [6.07, 6.45) is 4.16. The molecule has 0 saturated carbocycles. The predicted octanol–water partition coefficient (Wildman–Crippen LogP) is 4.54. The largest absolute Gasteiger partial charge is 0.424 e. The van der Waals surface area contributed by atoms with Gasteiger partial charge in [-0.2, -0.15) is 0 Å². The second-order valence-corrected chi connectivity index (χ2v) is 6.93. The molecule has 160 valence electrons. The molecule has 7 nitrogen and oxygen atoms in total. The van der Waals surface area contributed by atoms with Gasteiger partial charge in [0.1, 0.15) is 17.1 Å². The van der Waals surface area contributed by atoms with E-state index >= 15 is 0 Å². The van der Waals surface area contributed by atoms with Crippen LogP contribution in [0.25, 0.3) is 11.0 Å². The van der Waals surface area contributed by atoms with Crippen molar-refractivity contribution >= 4 is 22.6 Å². The molecule has 0 spiro atoms. The van der Waals surface area contributed by atoms with Crippen LogP contribution < -0.4 is 15.7 Å². The van der Waals surface area contributed by atoms with Crippen LogP contribution >= 0.6 is 0 Å². The average molecular weight is 431 g/mol. The Bertz CT molecular complexity index is 1380. The Labute approximate surface area is 182 Å². The summed E-state index contributed by atoms with van der Waals surface area (Å²) in [6.45, 7) is 5.13. The number of carbonyl (C=O) groups excluding carboxylic acids is 1. The van der Waals surface area contributed by atoms with E-state index in [1.54, 1.807) is 55.7 Å². The standard InChI is InChI=1S/C24H18FN3O4/c1-3-21(29)28-19-7-4-6-15(22(19)25)12-18-14(2)17-9-8-16(13-20(17)32-23(18)30)31-24-26-10-5-11-27-24/h3-11,13H,1,12H2,2H3,(H,28,29). The third-order valence-corrected chi connectivity index (χ3v) is 4.90. The number of aromatic nitrogens is 2. The predicted molar refractivity (Wildman–Crippen MR) is 117 cm³/mol. The average Bonchev–Trinajstić information content (AvgIpc) is 2.79. The van der Waals surface area contributed by atoms with Crippen LogP contribution in [0, 0.1) is 12.7 Å². The van der Waals surface area contributed by atoms with Gasteiger partial charge in [-0.15, -0.1) is 0 Å². The summed E-state index contributed by atoms with van der Waals surface area (Å²) in [7, 11) is 0. The van der Waals surface area contributed by atoms with Crippen LogP contribution in [0.5, 0.6) is 11.8 Å². The molecule has 0 aliphatic rings. The lowest BCUT2D eigenvalue weighted by molar-refractivity contribution is -0.111. The lowest BCUT2D eigenvalue weighted by Crippen LogP contribution is -2.13. The maximum absolute atomic E-state index is 14.9. The van der Waals surface area contributed by atoms with Gasteiger partial charge in [0.15, 0.2) is 0 Å². The van der Waals surface area contributed by atoms with Gasteiger partial charge in [-0.1, -0.05) is 18.7 Å². The monoisotopic (exact) mass is 431 g/mol. The lowest BCUT2D eigenvalue weighted by Gasteiger charge is -2.11. The van der Waals surface area contributed by atoms with Gasteiger partial charge in [-0.3, -0.25) is 4.79 Å². The molecular weight excluding hydrogens is 413 g/mol. The van der Waals surface area contributed by atoms with Gasteiger partial charge in [0, 0.05) is 35.8 Å². The minimum Gasteiger partial charge on any atom is -0.424 e. The number of nitrogens with one attached hydrogen (secondary N) is 1. The molecule has 0 aliphatic carbocycles. The molecule has 2 aromatic carbocycles. The fourth-order valence-corrected chi connectivity index (χ4v) is 3.27. The summed E-state index contributed by atoms with van der Waals surface area (Å²) in [5.41, 5.74) is 1.01. The number of benzene rings is 2. The van der Waals surface area contributed by atoms with Crippen LogP contribution in [0.4, 0.5) is 10.1 Å². The number of aryl methyl sites for hydroxylation is 1. The quantitative estimate of drug-likeness (QED) is 0.356. The normalized spacial score (nSPS) is 10.7. The maximum atomic E-state index is 14.9. The summed E-state index contributed by atoms with van der Waals surface area (Å²) in [6, 6.07) is 11.5. The van der Waals surface area contributed by atoms with Gasteiger partial charge in [-0.25, -0.2) is 19.2 Å². The first-order chi connectivity index (χ1) is 15.5. The Morgan fingerprint density at radius 3 is 2.75 bits per heavy atom. The zero-order valence-corrected chi connectivity index (χ0v) is 17.1. The molecule has 0 bridgehead atoms. The maximum Gasteiger partial charge on any atom is 0.340 e. The van der Waals surface area contributed by atoms with E-state index in [4.69, 9.17) is 9.15 Å². The van der Waals surface area contributed by atoms with E-state index in [1.165, 1.54) is 6.07 Å². The summed E-state index contributed by atoms with van der Waals surface area (Å²) < 4.78 is 26.0. The van der Waals surface area contributed by atoms with Crippen molar-refractivity contribution in [2.75, 3.05) is 5.32 Å². The SMILES string of the molecule is C=CC(=O)Nc1cccc(Cc2c(C)c3ccc(Oc4ncccn4)cc3oc2=O)c1F. The number of fused-ring (bicyclic) bond motifs is 1. The molecule has 1 N–H and O–H groups in total. The number of carbonyl (C=O) groups is 1. The first kappa shape index (κ1) is 20.9. The molecule has 0 aliphatic heterocycles. The second-order valence-electron chi connectivity index (χ2n) is 6.93. The molecule has 0 unspecified atom stereocenters. The number of anilines is 1. The van der Waals surface area contributed by atoms with E-state index in [0.29, 0.717) is 27.8 Å². The fourth-order valence-electron chi connectivity index (χ4n) is 3.27. The molecule has 0 fully saturated rings. The van der Waals surface area contributed by atoms with Gasteiger partial charge >= 0.3 is 11.6 Å². The lowest BCUT2D eigenvalue weighted by atomic mass is 9.99. The van der Waals surface area contributed by atoms with Crippen molar-refractivity contribution in [3.63, 3.8) is 0 Å². The van der Waals surface area contributed by atoms with E-state index in [9.17, 15) is 14.0 Å². The van der Waals surface area contributed by atoms with E-state index in [2.05, 4.69) is 21.9 Å². The first-order valence-electron chi connectivity index (χ1n) is 9.68. The molecule has 8 heteroatoms. The Hall–Kier alpha value is -4.33. The molecular formula is C24H18FN3O4. The highest BCUT2D eigenvalue weighted by Gasteiger charge is 2.17. The number of nitrogens with zero attached hydrogens (tertiary/aromatic N) is 2. The van der Waals surface area contributed by atoms with Gasteiger partial charge in [0.25, 0.3) is 0 Å². The molecule has 4 rings (SSSR count). The third-order valence-electron chi connectivity index (χ3n) is 4.90. The number of halogens is 1. The van der Waals surface area contributed by atoms with E-state index in [-0.39, 0.29) is 23.7 Å². The molecule has 0 saturated heterocycles. The summed E-state index contributed by atoms with van der Waals surface area (Å²) in [5, 5.41) is 3.11. The zero-order chi connectivity index (χ0) is 22.7. The van der Waals surface area contributed by atoms with Gasteiger partial charge in [-0.05, 0) is 48.4 Å². The molecule has 2 heterocycles. The minimum absolute atomic E-state index is 0.00382. The smallest absolute Gasteiger partial charge is 0.340 e. The van der Waals surface area contributed by atoms with E-state index < -0.39 is 17.3 Å². The third kappa shape index (κ3) is 4.24. The second kappa shape index (κ2) is 8.81. The van der Waals surface area contributed by atoms with Gasteiger partial charge in [0.2, 0.25) is 5.91 Å². The molecule has 2 aromatic heterocycles. The number of hydrogen-bond donors (Lipinski definition) is 1. The van der Waals surface area contributed by atoms with Crippen LogP contribution in [0.1, 0.15) is 16.7 Å². The van der Waals surface area contributed by atoms with Crippen molar-refractivity contribution in [1.82, 2.24) is 9.97 Å². The van der Waals surface area contributed by atoms with Crippen molar-refractivity contribution in [2.24, 2.45) is 0 Å². The van der Waals surface area contributed by atoms with Crippen molar-refractivity contribution in [3.05, 3.63) is 100 Å². The van der Waals surface area contributed by atoms with Crippen LogP contribution in [-0.2, 0) is 11.2 Å². The Morgan fingerprint density at radius 1 is 1.22 bits per heavy atom. The molecule has 1 amide bonds. The number of ether oxygens (including phenoxy) is 1. The van der Waals surface area contributed by atoms with Crippen molar-refractivity contribution in [1.29, 1.82) is 0 Å². The Balaban J connectivity index is 1.68. The summed E-state index contributed by atoms with van der Waals surface area (Å²) in [5.74, 6) is -0.731. The molecule has 0 atom stereocenters. The summed E-state index contributed by atoms with van der Waals surface area (Å²) in [4.78, 5) is 32.2. The van der Waals surface area contributed by atoms with E-state index in [1.807, 2.05) is 0 Å². The molecule has 32 heavy (non-hydrogen) atoms. The first-order valence-corrected chi connectivity index (χ1v) is 9.68. The molecule has 0 radical (unpaired) electrons. The zero-order valence-electron chi connectivity index (χ0n) is 17.1. The van der Waals surface area contributed by atoms with Crippen molar-refractivity contribution in [3.8, 4) is 11.8 Å². The van der Waals surface area contributed by atoms with Crippen molar-refractivity contribution in [2.45, 2.75) is 13.3 Å². The number of hydrogen-bond acceptors (Lipinski definition) is 6. The fraction of sp³-hybridized carbons (Fsp3) is 0.0833.